The summed E-state index contributed by atoms with van der Waals surface area (Å²) in [6, 6.07) is 18.7. The molecule has 3 aromatic rings. The average Bonchev–Trinajstić information content (AvgIpc) is 2.57. The molecule has 2 aromatic carbocycles. The first-order valence-electron chi connectivity index (χ1n) is 7.91. The van der Waals surface area contributed by atoms with Gasteiger partial charge in [0.05, 0.1) is 5.69 Å². The summed E-state index contributed by atoms with van der Waals surface area (Å²) in [5.41, 5.74) is 2.27. The molecule has 118 valence electrons. The second kappa shape index (κ2) is 7.20. The van der Waals surface area contributed by atoms with E-state index in [9.17, 15) is 0 Å². The normalized spacial score (nSPS) is 11.1. The monoisotopic (exact) mass is 306 g/mol. The maximum atomic E-state index is 4.47. The molecule has 0 aliphatic rings. The SMILES string of the molecule is CN(C)CCNc1nnc(Cc2ccccc2)c2ccccc12. The van der Waals surface area contributed by atoms with E-state index in [1.807, 2.05) is 12.1 Å². The molecule has 0 unspecified atom stereocenters. The third-order valence-corrected chi connectivity index (χ3v) is 3.83. The summed E-state index contributed by atoms with van der Waals surface area (Å²) >= 11 is 0. The minimum Gasteiger partial charge on any atom is -0.367 e. The maximum Gasteiger partial charge on any atom is 0.156 e. The molecule has 0 aliphatic carbocycles. The predicted molar refractivity (Wildman–Crippen MR) is 95.8 cm³/mol. The lowest BCUT2D eigenvalue weighted by molar-refractivity contribution is 0.425. The fourth-order valence-corrected chi connectivity index (χ4v) is 2.61. The molecule has 23 heavy (non-hydrogen) atoms. The van der Waals surface area contributed by atoms with Crippen molar-refractivity contribution >= 4 is 16.6 Å². The molecule has 1 N–H and O–H groups in total. The average molecular weight is 306 g/mol. The smallest absolute Gasteiger partial charge is 0.156 e. The van der Waals surface area contributed by atoms with Gasteiger partial charge in [-0.15, -0.1) is 5.10 Å². The van der Waals surface area contributed by atoms with Crippen molar-refractivity contribution in [1.82, 2.24) is 15.1 Å². The molecule has 4 heteroatoms. The number of nitrogens with one attached hydrogen (secondary N) is 1. The molecule has 1 heterocycles. The Morgan fingerprint density at radius 2 is 1.57 bits per heavy atom. The maximum absolute atomic E-state index is 4.47. The van der Waals surface area contributed by atoms with Crippen LogP contribution in [0.3, 0.4) is 0 Å². The van der Waals surface area contributed by atoms with Crippen LogP contribution in [0.4, 0.5) is 5.82 Å². The van der Waals surface area contributed by atoms with Gasteiger partial charge >= 0.3 is 0 Å². The third kappa shape index (κ3) is 3.85. The van der Waals surface area contributed by atoms with Crippen LogP contribution in [0, 0.1) is 0 Å². The number of rotatable bonds is 6. The van der Waals surface area contributed by atoms with E-state index in [1.165, 1.54) is 10.9 Å². The van der Waals surface area contributed by atoms with Crippen molar-refractivity contribution in [3.05, 3.63) is 65.9 Å². The Morgan fingerprint density at radius 1 is 0.870 bits per heavy atom. The Balaban J connectivity index is 1.89. The van der Waals surface area contributed by atoms with Gasteiger partial charge in [-0.3, -0.25) is 0 Å². The first-order chi connectivity index (χ1) is 11.2. The largest absolute Gasteiger partial charge is 0.367 e. The molecule has 0 radical (unpaired) electrons. The van der Waals surface area contributed by atoms with E-state index in [0.29, 0.717) is 0 Å². The standard InChI is InChI=1S/C19H22N4/c1-23(2)13-12-20-19-17-11-7-6-10-16(17)18(21-22-19)14-15-8-4-3-5-9-15/h3-11H,12-14H2,1-2H3,(H,20,22). The molecule has 0 atom stereocenters. The molecule has 0 aliphatic heterocycles. The van der Waals surface area contributed by atoms with Crippen LogP contribution >= 0.6 is 0 Å². The van der Waals surface area contributed by atoms with E-state index in [-0.39, 0.29) is 0 Å². The van der Waals surface area contributed by atoms with E-state index in [1.54, 1.807) is 0 Å². The van der Waals surface area contributed by atoms with Gasteiger partial charge in [0, 0.05) is 30.3 Å². The Morgan fingerprint density at radius 3 is 2.30 bits per heavy atom. The van der Waals surface area contributed by atoms with Crippen molar-refractivity contribution in [2.75, 3.05) is 32.5 Å². The molecular formula is C19H22N4. The Kier molecular flexibility index (Phi) is 4.83. The predicted octanol–water partition coefficient (Wildman–Crippen LogP) is 3.19. The lowest BCUT2D eigenvalue weighted by atomic mass is 10.0. The van der Waals surface area contributed by atoms with Crippen molar-refractivity contribution in [2.24, 2.45) is 0 Å². The van der Waals surface area contributed by atoms with Crippen molar-refractivity contribution in [1.29, 1.82) is 0 Å². The van der Waals surface area contributed by atoms with Gasteiger partial charge in [-0.25, -0.2) is 0 Å². The number of anilines is 1. The fourth-order valence-electron chi connectivity index (χ4n) is 2.61. The zero-order chi connectivity index (χ0) is 16.1. The van der Waals surface area contributed by atoms with E-state index in [4.69, 9.17) is 0 Å². The highest BCUT2D eigenvalue weighted by Gasteiger charge is 2.09. The number of aromatic nitrogens is 2. The van der Waals surface area contributed by atoms with E-state index >= 15 is 0 Å². The topological polar surface area (TPSA) is 41.0 Å². The summed E-state index contributed by atoms with van der Waals surface area (Å²) in [4.78, 5) is 2.15. The second-order valence-electron chi connectivity index (χ2n) is 5.93. The lowest BCUT2D eigenvalue weighted by Crippen LogP contribution is -2.21. The first-order valence-corrected chi connectivity index (χ1v) is 7.91. The van der Waals surface area contributed by atoms with Gasteiger partial charge in [0.25, 0.3) is 0 Å². The molecule has 1 aromatic heterocycles. The van der Waals surface area contributed by atoms with Gasteiger partial charge < -0.3 is 10.2 Å². The third-order valence-electron chi connectivity index (χ3n) is 3.83. The number of benzene rings is 2. The van der Waals surface area contributed by atoms with E-state index < -0.39 is 0 Å². The molecule has 0 spiro atoms. The summed E-state index contributed by atoms with van der Waals surface area (Å²) in [5, 5.41) is 14.6. The van der Waals surface area contributed by atoms with Gasteiger partial charge in [-0.2, -0.15) is 5.10 Å². The van der Waals surface area contributed by atoms with Crippen LogP contribution in [0.15, 0.2) is 54.6 Å². The summed E-state index contributed by atoms with van der Waals surface area (Å²) in [7, 11) is 4.13. The summed E-state index contributed by atoms with van der Waals surface area (Å²) < 4.78 is 0. The van der Waals surface area contributed by atoms with E-state index in [2.05, 4.69) is 77.0 Å². The van der Waals surface area contributed by atoms with Crippen LogP contribution in [0.1, 0.15) is 11.3 Å². The number of nitrogens with zero attached hydrogens (tertiary/aromatic N) is 3. The van der Waals surface area contributed by atoms with Gasteiger partial charge in [0.2, 0.25) is 0 Å². The number of hydrogen-bond donors (Lipinski definition) is 1. The molecule has 0 bridgehead atoms. The minimum absolute atomic E-state index is 0.798. The number of likely N-dealkylation sites (N-methyl/N-ethyl adjacent to an activating group) is 1. The summed E-state index contributed by atoms with van der Waals surface area (Å²) in [5.74, 6) is 0.860. The van der Waals surface area contributed by atoms with E-state index in [0.717, 1.165) is 36.4 Å². The second-order valence-corrected chi connectivity index (χ2v) is 5.93. The summed E-state index contributed by atoms with van der Waals surface area (Å²) in [6.07, 6.45) is 0.798. The highest BCUT2D eigenvalue weighted by molar-refractivity contribution is 5.93. The van der Waals surface area contributed by atoms with Crippen molar-refractivity contribution in [3.63, 3.8) is 0 Å². The quantitative estimate of drug-likeness (QED) is 0.759. The van der Waals surface area contributed by atoms with Crippen LogP contribution in [0.25, 0.3) is 10.8 Å². The zero-order valence-electron chi connectivity index (χ0n) is 13.7. The van der Waals surface area contributed by atoms with Gasteiger partial charge in [-0.05, 0) is 19.7 Å². The Labute approximate surface area is 137 Å². The fraction of sp³-hybridized carbons (Fsp3) is 0.263. The Hall–Kier alpha value is -2.46. The highest BCUT2D eigenvalue weighted by atomic mass is 15.2. The van der Waals surface area contributed by atoms with Gasteiger partial charge in [0.1, 0.15) is 0 Å². The molecular weight excluding hydrogens is 284 g/mol. The molecule has 3 rings (SSSR count). The zero-order valence-corrected chi connectivity index (χ0v) is 13.7. The molecule has 4 nitrogen and oxygen atoms in total. The highest BCUT2D eigenvalue weighted by Crippen LogP contribution is 2.24. The molecule has 0 amide bonds. The lowest BCUT2D eigenvalue weighted by Gasteiger charge is -2.13. The molecule has 0 fully saturated rings. The van der Waals surface area contributed by atoms with Crippen LogP contribution in [0.5, 0.6) is 0 Å². The van der Waals surface area contributed by atoms with Crippen LogP contribution in [-0.2, 0) is 6.42 Å². The van der Waals surface area contributed by atoms with Crippen molar-refractivity contribution in [3.8, 4) is 0 Å². The molecule has 0 saturated heterocycles. The van der Waals surface area contributed by atoms with Gasteiger partial charge in [-0.1, -0.05) is 54.6 Å². The van der Waals surface area contributed by atoms with Crippen molar-refractivity contribution < 1.29 is 0 Å². The first kappa shape index (κ1) is 15.4. The van der Waals surface area contributed by atoms with Crippen LogP contribution in [-0.4, -0.2) is 42.3 Å². The minimum atomic E-state index is 0.798. The summed E-state index contributed by atoms with van der Waals surface area (Å²) in [6.45, 7) is 1.81. The van der Waals surface area contributed by atoms with Crippen LogP contribution in [0.2, 0.25) is 0 Å². The van der Waals surface area contributed by atoms with Crippen LogP contribution < -0.4 is 5.32 Å². The Bertz CT molecular complexity index is 769. The molecule has 0 saturated carbocycles. The van der Waals surface area contributed by atoms with Gasteiger partial charge in [0.15, 0.2) is 5.82 Å². The van der Waals surface area contributed by atoms with Crippen molar-refractivity contribution in [2.45, 2.75) is 6.42 Å². The number of fused-ring (bicyclic) bond motifs is 1. The number of hydrogen-bond acceptors (Lipinski definition) is 4.